The van der Waals surface area contributed by atoms with E-state index in [1.165, 1.54) is 31.2 Å². The van der Waals surface area contributed by atoms with Gasteiger partial charge in [0.05, 0.1) is 0 Å². The van der Waals surface area contributed by atoms with Gasteiger partial charge in [-0.25, -0.2) is 0 Å². The number of phenolic OH excluding ortho intramolecular Hbond substituents is 1. The molecule has 3 aromatic rings. The second-order valence-corrected chi connectivity index (χ2v) is 7.01. The highest BCUT2D eigenvalue weighted by Gasteiger charge is 2.13. The third kappa shape index (κ3) is 5.21. The molecule has 2 N–H and O–H groups in total. The van der Waals surface area contributed by atoms with Crippen LogP contribution in [0.4, 0.5) is 0 Å². The molecule has 140 valence electrons. The molecule has 2 heteroatoms. The SMILES string of the molecule is CCCCCCNCc1cc(-c2ccccc2)c(O)c(-c2ccccc2)c1. The van der Waals surface area contributed by atoms with Crippen molar-refractivity contribution in [2.24, 2.45) is 0 Å². The molecule has 27 heavy (non-hydrogen) atoms. The minimum atomic E-state index is 0.346. The summed E-state index contributed by atoms with van der Waals surface area (Å²) in [6.07, 6.45) is 5.06. The molecular weight excluding hydrogens is 330 g/mol. The van der Waals surface area contributed by atoms with Gasteiger partial charge in [0.15, 0.2) is 0 Å². The third-order valence-corrected chi connectivity index (χ3v) is 4.88. The first kappa shape index (κ1) is 19.2. The molecule has 3 rings (SSSR count). The van der Waals surface area contributed by atoms with E-state index in [1.54, 1.807) is 0 Å². The number of unbranched alkanes of at least 4 members (excludes halogenated alkanes) is 3. The van der Waals surface area contributed by atoms with Crippen molar-refractivity contribution in [3.05, 3.63) is 78.4 Å². The van der Waals surface area contributed by atoms with Gasteiger partial charge in [0.25, 0.3) is 0 Å². The van der Waals surface area contributed by atoms with Gasteiger partial charge < -0.3 is 10.4 Å². The van der Waals surface area contributed by atoms with Crippen LogP contribution >= 0.6 is 0 Å². The number of benzene rings is 3. The van der Waals surface area contributed by atoms with Crippen LogP contribution in [0.25, 0.3) is 22.3 Å². The van der Waals surface area contributed by atoms with E-state index < -0.39 is 0 Å². The molecular formula is C25H29NO. The summed E-state index contributed by atoms with van der Waals surface area (Å²) in [5.41, 5.74) is 5.05. The summed E-state index contributed by atoms with van der Waals surface area (Å²) in [7, 11) is 0. The fraction of sp³-hybridized carbons (Fsp3) is 0.280. The maximum Gasteiger partial charge on any atom is 0.131 e. The average molecular weight is 360 g/mol. The highest BCUT2D eigenvalue weighted by atomic mass is 16.3. The van der Waals surface area contributed by atoms with E-state index in [0.717, 1.165) is 35.3 Å². The molecule has 0 saturated carbocycles. The molecule has 0 unspecified atom stereocenters. The third-order valence-electron chi connectivity index (χ3n) is 4.88. The minimum absolute atomic E-state index is 0.346. The molecule has 0 atom stereocenters. The Kier molecular flexibility index (Phi) is 7.06. The summed E-state index contributed by atoms with van der Waals surface area (Å²) in [5.74, 6) is 0.346. The maximum atomic E-state index is 11.0. The van der Waals surface area contributed by atoms with E-state index in [4.69, 9.17) is 0 Å². The zero-order valence-electron chi connectivity index (χ0n) is 16.1. The summed E-state index contributed by atoms with van der Waals surface area (Å²) < 4.78 is 0. The molecule has 0 bridgehead atoms. The van der Waals surface area contributed by atoms with E-state index >= 15 is 0 Å². The molecule has 2 nitrogen and oxygen atoms in total. The first-order valence-electron chi connectivity index (χ1n) is 9.97. The fourth-order valence-electron chi connectivity index (χ4n) is 3.38. The van der Waals surface area contributed by atoms with E-state index in [0.29, 0.717) is 5.75 Å². The number of rotatable bonds is 9. The predicted octanol–water partition coefficient (Wildman–Crippen LogP) is 6.40. The van der Waals surface area contributed by atoms with Crippen molar-refractivity contribution in [3.63, 3.8) is 0 Å². The van der Waals surface area contributed by atoms with Crippen molar-refractivity contribution in [3.8, 4) is 28.0 Å². The van der Waals surface area contributed by atoms with Crippen LogP contribution in [-0.2, 0) is 6.54 Å². The van der Waals surface area contributed by atoms with Crippen molar-refractivity contribution in [2.45, 2.75) is 39.2 Å². The lowest BCUT2D eigenvalue weighted by atomic mass is 9.94. The lowest BCUT2D eigenvalue weighted by molar-refractivity contribution is 0.479. The summed E-state index contributed by atoms with van der Waals surface area (Å²) in [6.45, 7) is 4.08. The van der Waals surface area contributed by atoms with Crippen LogP contribution in [0, 0.1) is 0 Å². The Morgan fingerprint density at radius 1 is 0.741 bits per heavy atom. The molecule has 0 amide bonds. The highest BCUT2D eigenvalue weighted by molar-refractivity contribution is 5.82. The largest absolute Gasteiger partial charge is 0.507 e. The van der Waals surface area contributed by atoms with E-state index in [1.807, 2.05) is 60.7 Å². The zero-order valence-corrected chi connectivity index (χ0v) is 16.1. The van der Waals surface area contributed by atoms with Crippen LogP contribution < -0.4 is 5.32 Å². The van der Waals surface area contributed by atoms with Gasteiger partial charge in [-0.15, -0.1) is 0 Å². The molecule has 0 saturated heterocycles. The molecule has 0 aliphatic heterocycles. The second-order valence-electron chi connectivity index (χ2n) is 7.01. The van der Waals surface area contributed by atoms with Gasteiger partial charge in [-0.2, -0.15) is 0 Å². The number of nitrogens with one attached hydrogen (secondary N) is 1. The van der Waals surface area contributed by atoms with Gasteiger partial charge in [0.1, 0.15) is 5.75 Å². The summed E-state index contributed by atoms with van der Waals surface area (Å²) in [5, 5.41) is 14.5. The van der Waals surface area contributed by atoms with Gasteiger partial charge >= 0.3 is 0 Å². The van der Waals surface area contributed by atoms with Crippen molar-refractivity contribution in [1.82, 2.24) is 5.32 Å². The summed E-state index contributed by atoms with van der Waals surface area (Å²) >= 11 is 0. The Labute approximate surface area is 162 Å². The van der Waals surface area contributed by atoms with E-state index in [-0.39, 0.29) is 0 Å². The quantitative estimate of drug-likeness (QED) is 0.433. The molecule has 0 fully saturated rings. The number of aromatic hydroxyl groups is 1. The van der Waals surface area contributed by atoms with Gasteiger partial charge in [0.2, 0.25) is 0 Å². The first-order valence-corrected chi connectivity index (χ1v) is 9.97. The zero-order chi connectivity index (χ0) is 18.9. The van der Waals surface area contributed by atoms with E-state index in [9.17, 15) is 5.11 Å². The molecule has 0 aliphatic rings. The van der Waals surface area contributed by atoms with Crippen molar-refractivity contribution in [1.29, 1.82) is 0 Å². The number of phenols is 1. The minimum Gasteiger partial charge on any atom is -0.507 e. The number of hydrogen-bond acceptors (Lipinski definition) is 2. The second kappa shape index (κ2) is 9.94. The molecule has 0 radical (unpaired) electrons. The Hall–Kier alpha value is -2.58. The normalized spacial score (nSPS) is 10.9. The van der Waals surface area contributed by atoms with Crippen LogP contribution in [0.2, 0.25) is 0 Å². The molecule has 3 aromatic carbocycles. The van der Waals surface area contributed by atoms with Crippen LogP contribution in [0.1, 0.15) is 38.2 Å². The molecule has 0 aliphatic carbocycles. The van der Waals surface area contributed by atoms with Crippen LogP contribution in [0.15, 0.2) is 72.8 Å². The van der Waals surface area contributed by atoms with Crippen LogP contribution in [-0.4, -0.2) is 11.7 Å². The van der Waals surface area contributed by atoms with Crippen molar-refractivity contribution in [2.75, 3.05) is 6.54 Å². The van der Waals surface area contributed by atoms with Gasteiger partial charge in [0, 0.05) is 17.7 Å². The van der Waals surface area contributed by atoms with Crippen molar-refractivity contribution >= 4 is 0 Å². The molecule has 0 heterocycles. The topological polar surface area (TPSA) is 32.3 Å². The Bertz CT molecular complexity index is 767. The highest BCUT2D eigenvalue weighted by Crippen LogP contribution is 2.39. The smallest absolute Gasteiger partial charge is 0.131 e. The van der Waals surface area contributed by atoms with Gasteiger partial charge in [-0.3, -0.25) is 0 Å². The lowest BCUT2D eigenvalue weighted by Gasteiger charge is -2.14. The average Bonchev–Trinajstić information content (AvgIpc) is 2.73. The lowest BCUT2D eigenvalue weighted by Crippen LogP contribution is -2.14. The van der Waals surface area contributed by atoms with Crippen LogP contribution in [0.3, 0.4) is 0 Å². The summed E-state index contributed by atoms with van der Waals surface area (Å²) in [6, 6.07) is 24.4. The summed E-state index contributed by atoms with van der Waals surface area (Å²) in [4.78, 5) is 0. The predicted molar refractivity (Wildman–Crippen MR) is 115 cm³/mol. The standard InChI is InChI=1S/C25H29NO/c1-2-3-4-11-16-26-19-20-17-23(21-12-7-5-8-13-21)25(27)24(18-20)22-14-9-6-10-15-22/h5-10,12-15,17-18,26-27H,2-4,11,16,19H2,1H3. The first-order chi connectivity index (χ1) is 13.3. The Morgan fingerprint density at radius 3 is 1.81 bits per heavy atom. The van der Waals surface area contributed by atoms with Gasteiger partial charge in [-0.1, -0.05) is 86.8 Å². The monoisotopic (exact) mass is 359 g/mol. The molecule has 0 aromatic heterocycles. The van der Waals surface area contributed by atoms with Gasteiger partial charge in [-0.05, 0) is 41.8 Å². The Balaban J connectivity index is 1.87. The van der Waals surface area contributed by atoms with Crippen LogP contribution in [0.5, 0.6) is 5.75 Å². The fourth-order valence-corrected chi connectivity index (χ4v) is 3.38. The van der Waals surface area contributed by atoms with E-state index in [2.05, 4.69) is 24.4 Å². The van der Waals surface area contributed by atoms with Crippen molar-refractivity contribution < 1.29 is 5.11 Å². The maximum absolute atomic E-state index is 11.0. The Morgan fingerprint density at radius 2 is 1.30 bits per heavy atom. The molecule has 0 spiro atoms. The number of hydrogen-bond donors (Lipinski definition) is 2.